The number of nitro benzene ring substituents is 1. The molecule has 0 unspecified atom stereocenters. The third-order valence-corrected chi connectivity index (χ3v) is 3.25. The summed E-state index contributed by atoms with van der Waals surface area (Å²) in [7, 11) is 0. The van der Waals surface area contributed by atoms with Crippen molar-refractivity contribution in [1.29, 1.82) is 0 Å². The Labute approximate surface area is 147 Å². The van der Waals surface area contributed by atoms with Crippen LogP contribution >= 0.6 is 11.6 Å². The van der Waals surface area contributed by atoms with Gasteiger partial charge in [0, 0.05) is 11.8 Å². The van der Waals surface area contributed by atoms with E-state index < -0.39 is 16.7 Å². The predicted octanol–water partition coefficient (Wildman–Crippen LogP) is 3.52. The van der Waals surface area contributed by atoms with Crippen LogP contribution in [-0.4, -0.2) is 32.7 Å². The van der Waals surface area contributed by atoms with Gasteiger partial charge in [-0.05, 0) is 25.1 Å². The van der Waals surface area contributed by atoms with Gasteiger partial charge in [0.25, 0.3) is 0 Å². The first-order valence-electron chi connectivity index (χ1n) is 7.10. The first kappa shape index (κ1) is 18.3. The number of aromatic nitrogens is 1. The van der Waals surface area contributed by atoms with Gasteiger partial charge in [-0.1, -0.05) is 17.7 Å². The molecule has 2 rings (SSSR count). The summed E-state index contributed by atoms with van der Waals surface area (Å²) in [6, 6.07) is 7.20. The van der Waals surface area contributed by atoms with Crippen LogP contribution in [0.1, 0.15) is 12.5 Å². The van der Waals surface area contributed by atoms with Crippen molar-refractivity contribution in [3.63, 3.8) is 0 Å². The molecule has 25 heavy (non-hydrogen) atoms. The zero-order valence-electron chi connectivity index (χ0n) is 13.1. The number of carbonyl (C=O) groups is 1. The maximum Gasteiger partial charge on any atom is 0.440 e. The predicted molar refractivity (Wildman–Crippen MR) is 87.7 cm³/mol. The quantitative estimate of drug-likeness (QED) is 0.452. The molecule has 1 amide bonds. The number of nitrogens with zero attached hydrogens (tertiary/aromatic N) is 3. The largest absolute Gasteiger partial charge is 0.489 e. The van der Waals surface area contributed by atoms with Gasteiger partial charge in [-0.2, -0.15) is 0 Å². The minimum absolute atomic E-state index is 0.00824. The van der Waals surface area contributed by atoms with Crippen LogP contribution < -0.4 is 9.57 Å². The Morgan fingerprint density at radius 3 is 2.72 bits per heavy atom. The highest BCUT2D eigenvalue weighted by molar-refractivity contribution is 6.29. The van der Waals surface area contributed by atoms with Crippen LogP contribution in [0.5, 0.6) is 11.5 Å². The number of rotatable bonds is 7. The van der Waals surface area contributed by atoms with Crippen LogP contribution in [0.3, 0.4) is 0 Å². The molecule has 0 fully saturated rings. The summed E-state index contributed by atoms with van der Waals surface area (Å²) in [5, 5.41) is 21.1. The molecule has 0 saturated carbocycles. The molecule has 10 heteroatoms. The first-order valence-corrected chi connectivity index (χ1v) is 7.48. The van der Waals surface area contributed by atoms with E-state index >= 15 is 0 Å². The minimum Gasteiger partial charge on any atom is -0.489 e. The van der Waals surface area contributed by atoms with E-state index in [-0.39, 0.29) is 24.7 Å². The number of hydroxylamine groups is 2. The lowest BCUT2D eigenvalue weighted by molar-refractivity contribution is -0.386. The molecule has 1 aromatic carbocycles. The molecule has 0 radical (unpaired) electrons. The van der Waals surface area contributed by atoms with Crippen molar-refractivity contribution in [2.24, 2.45) is 0 Å². The average molecular weight is 368 g/mol. The molecular weight excluding hydrogens is 354 g/mol. The number of hydrogen-bond acceptors (Lipinski definition) is 6. The molecule has 132 valence electrons. The Balaban J connectivity index is 2.15. The minimum atomic E-state index is -1.35. The highest BCUT2D eigenvalue weighted by atomic mass is 35.5. The number of amides is 1. The third-order valence-electron chi connectivity index (χ3n) is 3.03. The van der Waals surface area contributed by atoms with Gasteiger partial charge in [0.15, 0.2) is 0 Å². The lowest BCUT2D eigenvalue weighted by Crippen LogP contribution is -2.32. The molecule has 0 aliphatic carbocycles. The number of hydrogen-bond donors (Lipinski definition) is 1. The molecule has 0 aliphatic rings. The van der Waals surface area contributed by atoms with Gasteiger partial charge in [-0.25, -0.2) is 9.78 Å². The van der Waals surface area contributed by atoms with Crippen molar-refractivity contribution in [2.75, 3.05) is 6.54 Å². The van der Waals surface area contributed by atoms with Crippen LogP contribution in [0.2, 0.25) is 5.15 Å². The van der Waals surface area contributed by atoms with Crippen LogP contribution in [0.4, 0.5) is 10.5 Å². The van der Waals surface area contributed by atoms with Gasteiger partial charge in [-0.3, -0.25) is 10.1 Å². The Morgan fingerprint density at radius 2 is 2.16 bits per heavy atom. The molecule has 0 spiro atoms. The Bertz CT molecular complexity index is 768. The topological polar surface area (TPSA) is 115 Å². The zero-order valence-corrected chi connectivity index (χ0v) is 13.8. The fraction of sp³-hybridized carbons (Fsp3) is 0.200. The monoisotopic (exact) mass is 367 g/mol. The molecular formula is C15H14ClN3O6. The van der Waals surface area contributed by atoms with E-state index in [1.165, 1.54) is 25.3 Å². The van der Waals surface area contributed by atoms with Gasteiger partial charge >= 0.3 is 11.8 Å². The second kappa shape index (κ2) is 8.15. The van der Waals surface area contributed by atoms with Gasteiger partial charge < -0.3 is 14.7 Å². The van der Waals surface area contributed by atoms with Crippen LogP contribution in [0, 0.1) is 10.1 Å². The van der Waals surface area contributed by atoms with Crippen LogP contribution in [-0.2, 0) is 6.61 Å². The van der Waals surface area contributed by atoms with E-state index in [0.717, 1.165) is 11.6 Å². The molecule has 1 heterocycles. The number of nitro groups is 1. The van der Waals surface area contributed by atoms with Gasteiger partial charge in [0.1, 0.15) is 17.5 Å². The van der Waals surface area contributed by atoms with Gasteiger partial charge in [0.2, 0.25) is 5.75 Å². The second-order valence-corrected chi connectivity index (χ2v) is 5.12. The molecule has 0 saturated heterocycles. The second-order valence-electron chi connectivity index (χ2n) is 4.73. The standard InChI is InChI=1S/C15H14ClN3O6/c1-2-18(15(20)21)25-13-5-4-11(7-12(13)19(22)23)24-9-10-3-6-14(16)17-8-10/h3-8H,2,9H2,1H3,(H,20,21). The summed E-state index contributed by atoms with van der Waals surface area (Å²) < 4.78 is 5.48. The maximum atomic E-state index is 11.2. The third kappa shape index (κ3) is 4.95. The number of pyridine rings is 1. The van der Waals surface area contributed by atoms with Crippen LogP contribution in [0.15, 0.2) is 36.5 Å². The number of benzene rings is 1. The fourth-order valence-corrected chi connectivity index (χ4v) is 1.93. The molecule has 1 aromatic heterocycles. The van der Waals surface area contributed by atoms with E-state index in [9.17, 15) is 14.9 Å². The molecule has 9 nitrogen and oxygen atoms in total. The summed E-state index contributed by atoms with van der Waals surface area (Å²) in [5.74, 6) is 0.0298. The SMILES string of the molecule is CCN(Oc1ccc(OCc2ccc(Cl)nc2)cc1[N+](=O)[O-])C(=O)O. The van der Waals surface area contributed by atoms with Crippen molar-refractivity contribution in [3.8, 4) is 11.5 Å². The lowest BCUT2D eigenvalue weighted by atomic mass is 10.2. The maximum absolute atomic E-state index is 11.2. The van der Waals surface area contributed by atoms with Crippen molar-refractivity contribution in [2.45, 2.75) is 13.5 Å². The normalized spacial score (nSPS) is 10.2. The van der Waals surface area contributed by atoms with E-state index in [0.29, 0.717) is 10.2 Å². The molecule has 0 bridgehead atoms. The summed E-state index contributed by atoms with van der Waals surface area (Å²) in [6.45, 7) is 1.68. The van der Waals surface area contributed by atoms with Crippen molar-refractivity contribution in [3.05, 3.63) is 57.4 Å². The first-order chi connectivity index (χ1) is 11.9. The van der Waals surface area contributed by atoms with E-state index in [1.807, 2.05) is 0 Å². The highest BCUT2D eigenvalue weighted by Crippen LogP contribution is 2.32. The highest BCUT2D eigenvalue weighted by Gasteiger charge is 2.21. The van der Waals surface area contributed by atoms with Gasteiger partial charge in [-0.15, -0.1) is 5.06 Å². The molecule has 0 aliphatic heterocycles. The number of carboxylic acid groups (broad SMARTS) is 1. The number of halogens is 1. The Hall–Kier alpha value is -3.07. The summed E-state index contributed by atoms with van der Waals surface area (Å²) >= 11 is 5.69. The fourth-order valence-electron chi connectivity index (χ4n) is 1.82. The van der Waals surface area contributed by atoms with E-state index in [1.54, 1.807) is 12.1 Å². The van der Waals surface area contributed by atoms with E-state index in [2.05, 4.69) is 4.98 Å². The molecule has 1 N–H and O–H groups in total. The Kier molecular flexibility index (Phi) is 5.96. The average Bonchev–Trinajstić information content (AvgIpc) is 2.59. The van der Waals surface area contributed by atoms with Crippen molar-refractivity contribution in [1.82, 2.24) is 10.0 Å². The van der Waals surface area contributed by atoms with Crippen molar-refractivity contribution >= 4 is 23.4 Å². The molecule has 0 atom stereocenters. The number of ether oxygens (including phenoxy) is 1. The summed E-state index contributed by atoms with van der Waals surface area (Å²) in [4.78, 5) is 30.4. The summed E-state index contributed by atoms with van der Waals surface area (Å²) in [6.07, 6.45) is 0.174. The zero-order chi connectivity index (χ0) is 18.4. The molecule has 2 aromatic rings. The van der Waals surface area contributed by atoms with E-state index in [4.69, 9.17) is 26.3 Å². The lowest BCUT2D eigenvalue weighted by Gasteiger charge is -2.17. The van der Waals surface area contributed by atoms with Crippen LogP contribution in [0.25, 0.3) is 0 Å². The smallest absolute Gasteiger partial charge is 0.440 e. The van der Waals surface area contributed by atoms with Gasteiger partial charge in [0.05, 0.1) is 17.5 Å². The van der Waals surface area contributed by atoms with Crippen molar-refractivity contribution < 1.29 is 24.4 Å². The Morgan fingerprint density at radius 1 is 1.40 bits per heavy atom. The summed E-state index contributed by atoms with van der Waals surface area (Å²) in [5.41, 5.74) is 0.321.